The molecule has 0 aliphatic carbocycles. The van der Waals surface area contributed by atoms with Gasteiger partial charge >= 0.3 is 0 Å². The molecule has 0 aliphatic heterocycles. The molecular weight excluding hydrogens is 250 g/mol. The fourth-order valence-corrected chi connectivity index (χ4v) is 2.44. The number of aromatic nitrogens is 2. The summed E-state index contributed by atoms with van der Waals surface area (Å²) in [5.41, 5.74) is 4.55. The van der Waals surface area contributed by atoms with E-state index in [2.05, 4.69) is 60.0 Å². The normalized spacial score (nSPS) is 12.4. The second-order valence-electron chi connectivity index (χ2n) is 5.42. The van der Waals surface area contributed by atoms with Gasteiger partial charge in [-0.25, -0.2) is 4.98 Å². The molecule has 0 saturated carbocycles. The lowest BCUT2D eigenvalue weighted by atomic mass is 10.1. The molecule has 20 heavy (non-hydrogen) atoms. The summed E-state index contributed by atoms with van der Waals surface area (Å²) in [6, 6.07) is 6.66. The van der Waals surface area contributed by atoms with Crippen LogP contribution >= 0.6 is 0 Å². The lowest BCUT2D eigenvalue weighted by molar-refractivity contribution is 0.163. The Bertz CT molecular complexity index is 569. The van der Waals surface area contributed by atoms with E-state index in [-0.39, 0.29) is 6.04 Å². The molecule has 0 aliphatic rings. The summed E-state index contributed by atoms with van der Waals surface area (Å²) >= 11 is 0. The van der Waals surface area contributed by atoms with Crippen molar-refractivity contribution < 1.29 is 4.74 Å². The third kappa shape index (κ3) is 3.39. The zero-order valence-corrected chi connectivity index (χ0v) is 12.9. The first kappa shape index (κ1) is 14.6. The van der Waals surface area contributed by atoms with Crippen LogP contribution < -0.4 is 5.32 Å². The highest BCUT2D eigenvalue weighted by Gasteiger charge is 2.12. The molecule has 0 radical (unpaired) electrons. The van der Waals surface area contributed by atoms with Crippen LogP contribution in [0.15, 0.2) is 24.4 Å². The van der Waals surface area contributed by atoms with Crippen molar-refractivity contribution in [3.8, 4) is 0 Å². The molecule has 0 spiro atoms. The van der Waals surface area contributed by atoms with Gasteiger partial charge in [-0.15, -0.1) is 0 Å². The first-order valence-electron chi connectivity index (χ1n) is 6.89. The lowest BCUT2D eigenvalue weighted by Crippen LogP contribution is -2.12. The largest absolute Gasteiger partial charge is 0.383 e. The fourth-order valence-electron chi connectivity index (χ4n) is 2.44. The third-order valence-electron chi connectivity index (χ3n) is 3.21. The zero-order valence-electron chi connectivity index (χ0n) is 12.9. The van der Waals surface area contributed by atoms with Gasteiger partial charge in [0.2, 0.25) is 5.95 Å². The smallest absolute Gasteiger partial charge is 0.207 e. The van der Waals surface area contributed by atoms with Crippen molar-refractivity contribution in [3.63, 3.8) is 0 Å². The summed E-state index contributed by atoms with van der Waals surface area (Å²) in [4.78, 5) is 4.56. The number of methoxy groups -OCH3 is 1. The average molecular weight is 273 g/mol. The molecule has 1 aromatic heterocycles. The summed E-state index contributed by atoms with van der Waals surface area (Å²) in [5, 5.41) is 3.41. The Labute approximate surface area is 120 Å². The molecular formula is C16H23N3O. The Balaban J connectivity index is 2.28. The number of ether oxygens (including phenoxy) is 1. The summed E-state index contributed by atoms with van der Waals surface area (Å²) in [6.07, 6.45) is 2.05. The maximum atomic E-state index is 5.23. The molecule has 1 N–H and O–H groups in total. The summed E-state index contributed by atoms with van der Waals surface area (Å²) < 4.78 is 7.36. The Morgan fingerprint density at radius 3 is 2.45 bits per heavy atom. The van der Waals surface area contributed by atoms with Crippen LogP contribution in [-0.4, -0.2) is 23.3 Å². The number of aryl methyl sites for hydroxylation is 3. The van der Waals surface area contributed by atoms with Gasteiger partial charge in [0, 0.05) is 19.0 Å². The van der Waals surface area contributed by atoms with E-state index in [0.717, 1.165) is 17.3 Å². The summed E-state index contributed by atoms with van der Waals surface area (Å²) in [6.45, 7) is 8.99. The number of rotatable bonds is 5. The molecule has 0 amide bonds. The van der Waals surface area contributed by atoms with Gasteiger partial charge in [0.05, 0.1) is 18.3 Å². The van der Waals surface area contributed by atoms with Gasteiger partial charge in [0.25, 0.3) is 0 Å². The molecule has 1 heterocycles. The van der Waals surface area contributed by atoms with E-state index in [1.807, 2.05) is 6.92 Å². The van der Waals surface area contributed by atoms with E-state index in [0.29, 0.717) is 6.61 Å². The van der Waals surface area contributed by atoms with Crippen molar-refractivity contribution in [2.24, 2.45) is 0 Å². The van der Waals surface area contributed by atoms with Crippen molar-refractivity contribution in [2.45, 2.75) is 33.7 Å². The third-order valence-corrected chi connectivity index (χ3v) is 3.21. The Hall–Kier alpha value is -1.81. The van der Waals surface area contributed by atoms with Crippen molar-refractivity contribution in [1.82, 2.24) is 9.55 Å². The molecule has 4 nitrogen and oxygen atoms in total. The standard InChI is InChI=1S/C16H23N3O/c1-11-6-12(2)8-15(7-11)18-16-17-13(3)9-19(16)14(4)10-20-5/h6-9,14H,10H2,1-5H3,(H,17,18). The van der Waals surface area contributed by atoms with E-state index in [1.165, 1.54) is 11.1 Å². The molecule has 108 valence electrons. The van der Waals surface area contributed by atoms with Crippen LogP contribution in [0.5, 0.6) is 0 Å². The lowest BCUT2D eigenvalue weighted by Gasteiger charge is -2.16. The van der Waals surface area contributed by atoms with Crippen LogP contribution in [0.3, 0.4) is 0 Å². The first-order valence-corrected chi connectivity index (χ1v) is 6.89. The molecule has 4 heteroatoms. The number of anilines is 2. The number of hydrogen-bond donors (Lipinski definition) is 1. The van der Waals surface area contributed by atoms with Gasteiger partial charge < -0.3 is 14.6 Å². The second kappa shape index (κ2) is 6.09. The molecule has 0 bridgehead atoms. The van der Waals surface area contributed by atoms with Gasteiger partial charge in [0.15, 0.2) is 0 Å². The van der Waals surface area contributed by atoms with Crippen LogP contribution in [0, 0.1) is 20.8 Å². The predicted octanol–water partition coefficient (Wildman–Crippen LogP) is 3.76. The highest BCUT2D eigenvalue weighted by molar-refractivity contribution is 5.56. The number of nitrogens with zero attached hydrogens (tertiary/aromatic N) is 2. The van der Waals surface area contributed by atoms with Crippen molar-refractivity contribution >= 4 is 11.6 Å². The molecule has 1 aromatic carbocycles. The fraction of sp³-hybridized carbons (Fsp3) is 0.438. The predicted molar refractivity (Wildman–Crippen MR) is 82.7 cm³/mol. The molecule has 2 rings (SSSR count). The Morgan fingerprint density at radius 2 is 1.85 bits per heavy atom. The minimum Gasteiger partial charge on any atom is -0.383 e. The molecule has 0 fully saturated rings. The van der Waals surface area contributed by atoms with Crippen LogP contribution in [0.2, 0.25) is 0 Å². The Kier molecular flexibility index (Phi) is 4.45. The molecule has 1 unspecified atom stereocenters. The minimum atomic E-state index is 0.245. The average Bonchev–Trinajstić information content (AvgIpc) is 2.69. The van der Waals surface area contributed by atoms with E-state index in [1.54, 1.807) is 7.11 Å². The summed E-state index contributed by atoms with van der Waals surface area (Å²) in [7, 11) is 1.72. The zero-order chi connectivity index (χ0) is 14.7. The van der Waals surface area contributed by atoms with Crippen LogP contribution in [0.1, 0.15) is 29.8 Å². The summed E-state index contributed by atoms with van der Waals surface area (Å²) in [5.74, 6) is 0.858. The van der Waals surface area contributed by atoms with Crippen LogP contribution in [0.25, 0.3) is 0 Å². The number of imidazole rings is 1. The highest BCUT2D eigenvalue weighted by Crippen LogP contribution is 2.22. The second-order valence-corrected chi connectivity index (χ2v) is 5.42. The maximum absolute atomic E-state index is 5.23. The SMILES string of the molecule is COCC(C)n1cc(C)nc1Nc1cc(C)cc(C)c1. The topological polar surface area (TPSA) is 39.1 Å². The van der Waals surface area contributed by atoms with Gasteiger partial charge in [-0.3, -0.25) is 0 Å². The number of benzene rings is 1. The van der Waals surface area contributed by atoms with E-state index >= 15 is 0 Å². The van der Waals surface area contributed by atoms with E-state index in [9.17, 15) is 0 Å². The van der Waals surface area contributed by atoms with Crippen molar-refractivity contribution in [3.05, 3.63) is 41.2 Å². The maximum Gasteiger partial charge on any atom is 0.207 e. The first-order chi connectivity index (χ1) is 9.49. The van der Waals surface area contributed by atoms with Gasteiger partial charge in [-0.05, 0) is 51.0 Å². The molecule has 0 saturated heterocycles. The van der Waals surface area contributed by atoms with Gasteiger partial charge in [0.1, 0.15) is 0 Å². The van der Waals surface area contributed by atoms with Gasteiger partial charge in [-0.2, -0.15) is 0 Å². The molecule has 2 aromatic rings. The molecule has 1 atom stereocenters. The van der Waals surface area contributed by atoms with Crippen LogP contribution in [0.4, 0.5) is 11.6 Å². The minimum absolute atomic E-state index is 0.245. The quantitative estimate of drug-likeness (QED) is 0.901. The Morgan fingerprint density at radius 1 is 1.20 bits per heavy atom. The van der Waals surface area contributed by atoms with Crippen LogP contribution in [-0.2, 0) is 4.74 Å². The highest BCUT2D eigenvalue weighted by atomic mass is 16.5. The van der Waals surface area contributed by atoms with Crippen molar-refractivity contribution in [2.75, 3.05) is 19.0 Å². The monoisotopic (exact) mass is 273 g/mol. The number of nitrogens with one attached hydrogen (secondary N) is 1. The van der Waals surface area contributed by atoms with Crippen molar-refractivity contribution in [1.29, 1.82) is 0 Å². The number of hydrogen-bond acceptors (Lipinski definition) is 3. The van der Waals surface area contributed by atoms with Gasteiger partial charge in [-0.1, -0.05) is 6.07 Å². The van der Waals surface area contributed by atoms with E-state index < -0.39 is 0 Å². The van der Waals surface area contributed by atoms with E-state index in [4.69, 9.17) is 4.74 Å².